The number of epoxide rings is 1. The number of likely N-dealkylation sites (N-methyl/N-ethyl adjacent to an activating group) is 1. The van der Waals surface area contributed by atoms with Gasteiger partial charge in [0, 0.05) is 10.6 Å². The van der Waals surface area contributed by atoms with E-state index in [9.17, 15) is 0 Å². The molecule has 13 heavy (non-hydrogen) atoms. The third kappa shape index (κ3) is 2.46. The molecule has 1 N–H and O–H groups in total. The summed E-state index contributed by atoms with van der Waals surface area (Å²) in [5.41, 5.74) is 0. The summed E-state index contributed by atoms with van der Waals surface area (Å²) in [7, 11) is 1.93. The van der Waals surface area contributed by atoms with Gasteiger partial charge in [0.15, 0.2) is 0 Å². The molecular weight excluding hydrogens is 182 g/mol. The third-order valence-electron chi connectivity index (χ3n) is 2.02. The van der Waals surface area contributed by atoms with Crippen molar-refractivity contribution in [1.82, 2.24) is 5.32 Å². The molecule has 1 fully saturated rings. The van der Waals surface area contributed by atoms with Crippen LogP contribution in [0, 0.1) is 0 Å². The predicted octanol–water partition coefficient (Wildman–Crippen LogP) is 1.72. The van der Waals surface area contributed by atoms with Crippen LogP contribution in [0.2, 0.25) is 0 Å². The molecule has 0 bridgehead atoms. The van der Waals surface area contributed by atoms with Gasteiger partial charge in [0.1, 0.15) is 12.3 Å². The van der Waals surface area contributed by atoms with Crippen molar-refractivity contribution in [1.29, 1.82) is 0 Å². The van der Waals surface area contributed by atoms with Crippen LogP contribution < -0.4 is 5.32 Å². The summed E-state index contributed by atoms with van der Waals surface area (Å²) in [6.45, 7) is 0. The summed E-state index contributed by atoms with van der Waals surface area (Å²) < 4.78 is 5.36. The topological polar surface area (TPSA) is 24.6 Å². The zero-order valence-electron chi connectivity index (χ0n) is 7.57. The van der Waals surface area contributed by atoms with E-state index in [4.69, 9.17) is 4.74 Å². The molecule has 2 rings (SSSR count). The molecule has 70 valence electrons. The zero-order valence-corrected chi connectivity index (χ0v) is 8.38. The van der Waals surface area contributed by atoms with E-state index in [1.165, 1.54) is 4.90 Å². The van der Waals surface area contributed by atoms with Crippen LogP contribution in [0.4, 0.5) is 0 Å². The molecule has 0 aliphatic carbocycles. The number of hydrogen-bond donors (Lipinski definition) is 1. The third-order valence-corrected chi connectivity index (χ3v) is 3.13. The van der Waals surface area contributed by atoms with Gasteiger partial charge < -0.3 is 4.74 Å². The average molecular weight is 195 g/mol. The van der Waals surface area contributed by atoms with Gasteiger partial charge in [-0.25, -0.2) is 0 Å². The minimum absolute atomic E-state index is 0.288. The molecule has 1 aromatic carbocycles. The molecule has 0 aromatic heterocycles. The van der Waals surface area contributed by atoms with Crippen molar-refractivity contribution >= 4 is 11.8 Å². The van der Waals surface area contributed by atoms with Gasteiger partial charge in [0.05, 0.1) is 0 Å². The lowest BCUT2D eigenvalue weighted by molar-refractivity contribution is 0.362. The zero-order chi connectivity index (χ0) is 9.10. The summed E-state index contributed by atoms with van der Waals surface area (Å²) in [5.74, 6) is 1.04. The fourth-order valence-corrected chi connectivity index (χ4v) is 2.18. The summed E-state index contributed by atoms with van der Waals surface area (Å²) in [4.78, 5) is 1.31. The van der Waals surface area contributed by atoms with Crippen molar-refractivity contribution in [3.05, 3.63) is 30.3 Å². The summed E-state index contributed by atoms with van der Waals surface area (Å²) in [5, 5.41) is 3.09. The second kappa shape index (κ2) is 4.13. The van der Waals surface area contributed by atoms with E-state index in [1.807, 2.05) is 24.9 Å². The molecule has 1 aromatic rings. The Balaban J connectivity index is 1.75. The second-order valence-electron chi connectivity index (χ2n) is 3.01. The second-order valence-corrected chi connectivity index (χ2v) is 4.10. The van der Waals surface area contributed by atoms with Crippen molar-refractivity contribution in [2.45, 2.75) is 17.2 Å². The van der Waals surface area contributed by atoms with Crippen LogP contribution in [0.1, 0.15) is 0 Å². The molecule has 2 nitrogen and oxygen atoms in total. The molecule has 0 spiro atoms. The quantitative estimate of drug-likeness (QED) is 0.585. The lowest BCUT2D eigenvalue weighted by atomic mass is 10.4. The van der Waals surface area contributed by atoms with Crippen molar-refractivity contribution in [2.75, 3.05) is 12.8 Å². The monoisotopic (exact) mass is 195 g/mol. The molecule has 1 heterocycles. The predicted molar refractivity (Wildman–Crippen MR) is 54.9 cm³/mol. The maximum Gasteiger partial charge on any atom is 0.135 e. The highest BCUT2D eigenvalue weighted by Gasteiger charge is 2.36. The summed E-state index contributed by atoms with van der Waals surface area (Å²) in [6, 6.07) is 10.4. The van der Waals surface area contributed by atoms with Crippen LogP contribution in [0.5, 0.6) is 0 Å². The van der Waals surface area contributed by atoms with Crippen molar-refractivity contribution in [3.63, 3.8) is 0 Å². The lowest BCUT2D eigenvalue weighted by Crippen LogP contribution is -2.14. The highest BCUT2D eigenvalue weighted by Crippen LogP contribution is 2.27. The van der Waals surface area contributed by atoms with Crippen LogP contribution in [-0.2, 0) is 4.74 Å². The average Bonchev–Trinajstić information content (AvgIpc) is 2.95. The van der Waals surface area contributed by atoms with Gasteiger partial charge in [0.2, 0.25) is 0 Å². The summed E-state index contributed by atoms with van der Waals surface area (Å²) >= 11 is 1.85. The molecule has 2 unspecified atom stereocenters. The van der Waals surface area contributed by atoms with E-state index in [-0.39, 0.29) is 6.23 Å². The van der Waals surface area contributed by atoms with Crippen LogP contribution >= 0.6 is 11.8 Å². The van der Waals surface area contributed by atoms with Gasteiger partial charge in [-0.3, -0.25) is 5.32 Å². The Morgan fingerprint density at radius 3 is 2.77 bits per heavy atom. The normalized spacial score (nSPS) is 25.9. The van der Waals surface area contributed by atoms with Gasteiger partial charge in [-0.05, 0) is 19.2 Å². The highest BCUT2D eigenvalue weighted by molar-refractivity contribution is 7.99. The minimum Gasteiger partial charge on any atom is -0.352 e. The number of nitrogens with one attached hydrogen (secondary N) is 1. The van der Waals surface area contributed by atoms with Gasteiger partial charge in [-0.15, -0.1) is 11.8 Å². The first-order chi connectivity index (χ1) is 6.40. The van der Waals surface area contributed by atoms with Crippen LogP contribution in [0.15, 0.2) is 35.2 Å². The first kappa shape index (κ1) is 9.06. The first-order valence-electron chi connectivity index (χ1n) is 4.41. The molecule has 2 atom stereocenters. The number of benzene rings is 1. The van der Waals surface area contributed by atoms with Crippen molar-refractivity contribution in [2.24, 2.45) is 0 Å². The molecule has 0 saturated carbocycles. The van der Waals surface area contributed by atoms with Crippen molar-refractivity contribution < 1.29 is 4.74 Å². The molecule has 1 aliphatic heterocycles. The Hall–Kier alpha value is -0.510. The fraction of sp³-hybridized carbons (Fsp3) is 0.400. The molecule has 0 amide bonds. The molecular formula is C10H13NOS. The SMILES string of the molecule is CNC1OC1CSc1ccccc1. The Kier molecular flexibility index (Phi) is 2.88. The fourth-order valence-electron chi connectivity index (χ4n) is 1.22. The Labute approximate surface area is 82.7 Å². The van der Waals surface area contributed by atoms with E-state index in [0.29, 0.717) is 6.10 Å². The van der Waals surface area contributed by atoms with Crippen LogP contribution in [-0.4, -0.2) is 25.1 Å². The maximum absolute atomic E-state index is 5.36. The number of hydrogen-bond acceptors (Lipinski definition) is 3. The molecule has 3 heteroatoms. The van der Waals surface area contributed by atoms with E-state index in [0.717, 1.165) is 5.75 Å². The minimum atomic E-state index is 0.288. The van der Waals surface area contributed by atoms with Gasteiger partial charge in [-0.1, -0.05) is 18.2 Å². The van der Waals surface area contributed by atoms with E-state index in [2.05, 4.69) is 29.6 Å². The number of ether oxygens (including phenoxy) is 1. The molecule has 1 aliphatic rings. The first-order valence-corrected chi connectivity index (χ1v) is 5.39. The van der Waals surface area contributed by atoms with E-state index >= 15 is 0 Å². The van der Waals surface area contributed by atoms with Crippen molar-refractivity contribution in [3.8, 4) is 0 Å². The maximum atomic E-state index is 5.36. The Bertz CT molecular complexity index is 265. The largest absolute Gasteiger partial charge is 0.352 e. The van der Waals surface area contributed by atoms with Gasteiger partial charge in [0.25, 0.3) is 0 Å². The van der Waals surface area contributed by atoms with Crippen LogP contribution in [0.3, 0.4) is 0 Å². The van der Waals surface area contributed by atoms with E-state index < -0.39 is 0 Å². The summed E-state index contributed by atoms with van der Waals surface area (Å²) in [6.07, 6.45) is 0.686. The lowest BCUT2D eigenvalue weighted by Gasteiger charge is -1.97. The number of rotatable bonds is 4. The smallest absolute Gasteiger partial charge is 0.135 e. The Morgan fingerprint density at radius 2 is 2.15 bits per heavy atom. The number of thioether (sulfide) groups is 1. The highest BCUT2D eigenvalue weighted by atomic mass is 32.2. The Morgan fingerprint density at radius 1 is 1.38 bits per heavy atom. The van der Waals surface area contributed by atoms with Crippen LogP contribution in [0.25, 0.3) is 0 Å². The van der Waals surface area contributed by atoms with Gasteiger partial charge >= 0.3 is 0 Å². The molecule has 0 radical (unpaired) electrons. The molecule has 1 saturated heterocycles. The van der Waals surface area contributed by atoms with E-state index in [1.54, 1.807) is 0 Å². The standard InChI is InChI=1S/C10H13NOS/c1-11-10-9(12-10)7-13-8-5-3-2-4-6-8/h2-6,9-11H,7H2,1H3. The van der Waals surface area contributed by atoms with Gasteiger partial charge in [-0.2, -0.15) is 0 Å².